The van der Waals surface area contributed by atoms with Crippen LogP contribution < -0.4 is 10.2 Å². The van der Waals surface area contributed by atoms with Crippen LogP contribution in [0.1, 0.15) is 84.6 Å². The Morgan fingerprint density at radius 2 is 0.925 bits per heavy atom. The quantitative estimate of drug-likeness (QED) is 0.265. The largest absolute Gasteiger partial charge is 0.354 e. The molecule has 4 aromatic carbocycles. The van der Waals surface area contributed by atoms with Gasteiger partial charge in [0.15, 0.2) is 0 Å². The van der Waals surface area contributed by atoms with Gasteiger partial charge in [0.1, 0.15) is 0 Å². The normalized spacial score (nSPS) is 12.4. The number of nitrogens with zero attached hydrogens (tertiary/aromatic N) is 1. The number of benzene rings is 4. The van der Waals surface area contributed by atoms with E-state index in [-0.39, 0.29) is 16.2 Å². The first-order valence-electron chi connectivity index (χ1n) is 14.2. The van der Waals surface area contributed by atoms with Crippen LogP contribution in [0.4, 0.5) is 28.4 Å². The number of hydrogen-bond donors (Lipinski definition) is 1. The van der Waals surface area contributed by atoms with E-state index in [0.717, 1.165) is 34.0 Å². The summed E-state index contributed by atoms with van der Waals surface area (Å²) in [5, 5.41) is 4.27. The van der Waals surface area contributed by atoms with Gasteiger partial charge in [-0.25, -0.2) is 0 Å². The Morgan fingerprint density at radius 1 is 0.550 bits per heavy atom. The highest BCUT2D eigenvalue weighted by Crippen LogP contribution is 2.44. The van der Waals surface area contributed by atoms with Gasteiger partial charge in [0.05, 0.1) is 16.4 Å². The molecular formula is C37H45ClN2. The molecule has 1 N–H and O–H groups in total. The molecule has 0 unspecified atom stereocenters. The first kappa shape index (κ1) is 29.7. The zero-order valence-corrected chi connectivity index (χ0v) is 26.7. The predicted octanol–water partition coefficient (Wildman–Crippen LogP) is 11.8. The number of halogens is 1. The molecule has 0 saturated carbocycles. The molecule has 0 aliphatic carbocycles. The van der Waals surface area contributed by atoms with E-state index in [0.29, 0.717) is 5.02 Å². The van der Waals surface area contributed by atoms with Gasteiger partial charge in [-0.1, -0.05) is 110 Å². The highest BCUT2D eigenvalue weighted by atomic mass is 35.5. The monoisotopic (exact) mass is 552 g/mol. The number of nitrogens with one attached hydrogen (secondary N) is 1. The second-order valence-electron chi connectivity index (χ2n) is 14.0. The molecule has 0 heterocycles. The molecule has 4 rings (SSSR count). The second-order valence-corrected chi connectivity index (χ2v) is 14.4. The van der Waals surface area contributed by atoms with Gasteiger partial charge in [0.25, 0.3) is 0 Å². The summed E-state index contributed by atoms with van der Waals surface area (Å²) >= 11 is 7.23. The molecule has 0 saturated heterocycles. The fourth-order valence-corrected chi connectivity index (χ4v) is 5.10. The Hall–Kier alpha value is -3.23. The topological polar surface area (TPSA) is 15.3 Å². The lowest BCUT2D eigenvalue weighted by Gasteiger charge is -2.29. The summed E-state index contributed by atoms with van der Waals surface area (Å²) < 4.78 is 0. The zero-order chi connectivity index (χ0) is 29.5. The maximum atomic E-state index is 7.23. The van der Waals surface area contributed by atoms with Crippen molar-refractivity contribution in [1.82, 2.24) is 0 Å². The third-order valence-corrected chi connectivity index (χ3v) is 7.85. The smallest absolute Gasteiger partial charge is 0.0881 e. The van der Waals surface area contributed by atoms with Gasteiger partial charge in [-0.15, -0.1) is 0 Å². The lowest BCUT2D eigenvalue weighted by atomic mass is 9.86. The van der Waals surface area contributed by atoms with Crippen molar-refractivity contribution in [2.75, 3.05) is 10.2 Å². The molecule has 0 aromatic heterocycles. The number of anilines is 5. The second kappa shape index (κ2) is 11.0. The molecule has 3 heteroatoms. The van der Waals surface area contributed by atoms with Crippen molar-refractivity contribution in [3.63, 3.8) is 0 Å². The van der Waals surface area contributed by atoms with Crippen LogP contribution in [0, 0.1) is 6.92 Å². The van der Waals surface area contributed by atoms with Crippen LogP contribution in [-0.2, 0) is 16.2 Å². The molecule has 2 nitrogen and oxygen atoms in total. The van der Waals surface area contributed by atoms with Crippen molar-refractivity contribution in [3.05, 3.63) is 112 Å². The number of rotatable bonds is 5. The molecule has 0 atom stereocenters. The van der Waals surface area contributed by atoms with Gasteiger partial charge in [0, 0.05) is 17.1 Å². The number of hydrogen-bond acceptors (Lipinski definition) is 2. The Labute approximate surface area is 247 Å². The SMILES string of the molecule is Cc1cc(Nc2ccc(C(C)(C)C)cc2)c(Cl)c(N(c2ccc(C(C)(C)C)cc2)c2ccc(C(C)(C)C)cc2)c1. The van der Waals surface area contributed by atoms with E-state index in [4.69, 9.17) is 11.6 Å². The minimum Gasteiger partial charge on any atom is -0.354 e. The average molecular weight is 553 g/mol. The Morgan fingerprint density at radius 3 is 1.30 bits per heavy atom. The fraction of sp³-hybridized carbons (Fsp3) is 0.351. The standard InChI is InChI=1S/C37H45ClN2/c1-25-23-32(39-29-17-11-26(12-18-29)35(2,3)4)34(38)33(24-25)40(30-19-13-27(14-20-30)36(5,6)7)31-21-15-28(16-22-31)37(8,9)10/h11-24,39H,1-10H3. The summed E-state index contributed by atoms with van der Waals surface area (Å²) in [5.41, 5.74) is 10.3. The maximum Gasteiger partial charge on any atom is 0.0881 e. The summed E-state index contributed by atoms with van der Waals surface area (Å²) in [7, 11) is 0. The van der Waals surface area contributed by atoms with E-state index in [1.165, 1.54) is 16.7 Å². The van der Waals surface area contributed by atoms with E-state index in [2.05, 4.69) is 164 Å². The van der Waals surface area contributed by atoms with E-state index >= 15 is 0 Å². The molecule has 40 heavy (non-hydrogen) atoms. The highest BCUT2D eigenvalue weighted by Gasteiger charge is 2.22. The van der Waals surface area contributed by atoms with Gasteiger partial charge in [-0.05, 0) is 94.0 Å². The average Bonchev–Trinajstić information content (AvgIpc) is 2.86. The van der Waals surface area contributed by atoms with Crippen LogP contribution >= 0.6 is 11.6 Å². The van der Waals surface area contributed by atoms with E-state index < -0.39 is 0 Å². The molecule has 0 spiro atoms. The molecule has 210 valence electrons. The molecule has 0 bridgehead atoms. The molecule has 0 aliphatic rings. The van der Waals surface area contributed by atoms with Crippen molar-refractivity contribution in [2.24, 2.45) is 0 Å². The van der Waals surface area contributed by atoms with E-state index in [9.17, 15) is 0 Å². The van der Waals surface area contributed by atoms with Crippen molar-refractivity contribution in [1.29, 1.82) is 0 Å². The van der Waals surface area contributed by atoms with Crippen molar-refractivity contribution in [2.45, 2.75) is 85.5 Å². The minimum atomic E-state index is 0.0817. The first-order chi connectivity index (χ1) is 18.5. The van der Waals surface area contributed by atoms with Crippen molar-refractivity contribution < 1.29 is 0 Å². The molecular weight excluding hydrogens is 508 g/mol. The van der Waals surface area contributed by atoms with Gasteiger partial charge in [-0.2, -0.15) is 0 Å². The maximum absolute atomic E-state index is 7.23. The highest BCUT2D eigenvalue weighted by molar-refractivity contribution is 6.36. The third kappa shape index (κ3) is 6.73. The van der Waals surface area contributed by atoms with E-state index in [1.54, 1.807) is 0 Å². The Kier molecular flexibility index (Phi) is 8.16. The Bertz CT molecular complexity index is 1390. The lowest BCUT2D eigenvalue weighted by molar-refractivity contribution is 0.590. The molecule has 0 amide bonds. The van der Waals surface area contributed by atoms with Gasteiger partial charge in [-0.3, -0.25) is 0 Å². The van der Waals surface area contributed by atoms with Crippen molar-refractivity contribution >= 4 is 40.0 Å². The zero-order valence-electron chi connectivity index (χ0n) is 25.9. The summed E-state index contributed by atoms with van der Waals surface area (Å²) in [6.07, 6.45) is 0. The van der Waals surface area contributed by atoms with Crippen LogP contribution in [-0.4, -0.2) is 0 Å². The van der Waals surface area contributed by atoms with Crippen LogP contribution in [0.25, 0.3) is 0 Å². The summed E-state index contributed by atoms with van der Waals surface area (Å²) in [4.78, 5) is 2.27. The van der Waals surface area contributed by atoms with Gasteiger partial charge < -0.3 is 10.2 Å². The Balaban J connectivity index is 1.81. The van der Waals surface area contributed by atoms with Crippen LogP contribution in [0.3, 0.4) is 0 Å². The molecule has 0 aliphatic heterocycles. The third-order valence-electron chi connectivity index (χ3n) is 7.45. The van der Waals surface area contributed by atoms with Gasteiger partial charge >= 0.3 is 0 Å². The summed E-state index contributed by atoms with van der Waals surface area (Å²) in [6, 6.07) is 30.7. The lowest BCUT2D eigenvalue weighted by Crippen LogP contribution is -2.15. The summed E-state index contributed by atoms with van der Waals surface area (Å²) in [6.45, 7) is 22.3. The fourth-order valence-electron chi connectivity index (χ4n) is 4.86. The van der Waals surface area contributed by atoms with Gasteiger partial charge in [0.2, 0.25) is 0 Å². The van der Waals surface area contributed by atoms with Crippen LogP contribution in [0.2, 0.25) is 5.02 Å². The van der Waals surface area contributed by atoms with Crippen molar-refractivity contribution in [3.8, 4) is 0 Å². The summed E-state index contributed by atoms with van der Waals surface area (Å²) in [5.74, 6) is 0. The molecule has 0 fully saturated rings. The minimum absolute atomic E-state index is 0.0817. The predicted molar refractivity (Wildman–Crippen MR) is 177 cm³/mol. The first-order valence-corrected chi connectivity index (χ1v) is 14.6. The van der Waals surface area contributed by atoms with Crippen LogP contribution in [0.15, 0.2) is 84.9 Å². The molecule has 0 radical (unpaired) electrons. The van der Waals surface area contributed by atoms with Crippen LogP contribution in [0.5, 0.6) is 0 Å². The molecule has 4 aromatic rings. The van der Waals surface area contributed by atoms with E-state index in [1.807, 2.05) is 0 Å². The number of aryl methyl sites for hydroxylation is 1.